The molecule has 0 bridgehead atoms. The van der Waals surface area contributed by atoms with Crippen molar-refractivity contribution < 1.29 is 9.90 Å². The van der Waals surface area contributed by atoms with Gasteiger partial charge in [-0.3, -0.25) is 4.98 Å². The molecule has 24 heavy (non-hydrogen) atoms. The molecule has 0 fully saturated rings. The lowest BCUT2D eigenvalue weighted by Crippen LogP contribution is -2.47. The number of aromatic nitrogens is 1. The molecule has 1 heterocycles. The number of pyridine rings is 1. The second-order valence-electron chi connectivity index (χ2n) is 6.61. The SMILES string of the molecule is C[C@H](NC(=O)N(Cc1ccccc1)CC(C)(C)O)c1ccncc1. The fourth-order valence-electron chi connectivity index (χ4n) is 2.48. The first-order valence-corrected chi connectivity index (χ1v) is 8.07. The molecule has 0 saturated heterocycles. The van der Waals surface area contributed by atoms with Crippen LogP contribution in [0.2, 0.25) is 0 Å². The Balaban J connectivity index is 2.09. The highest BCUT2D eigenvalue weighted by Gasteiger charge is 2.23. The Kier molecular flexibility index (Phi) is 5.93. The van der Waals surface area contributed by atoms with E-state index in [0.29, 0.717) is 6.54 Å². The molecule has 1 atom stereocenters. The Labute approximate surface area is 143 Å². The molecule has 0 radical (unpaired) electrons. The van der Waals surface area contributed by atoms with Gasteiger partial charge in [0.1, 0.15) is 0 Å². The Morgan fingerprint density at radius 1 is 1.21 bits per heavy atom. The second-order valence-corrected chi connectivity index (χ2v) is 6.61. The monoisotopic (exact) mass is 327 g/mol. The van der Waals surface area contributed by atoms with Crippen molar-refractivity contribution in [2.75, 3.05) is 6.54 Å². The lowest BCUT2D eigenvalue weighted by molar-refractivity contribution is 0.0443. The van der Waals surface area contributed by atoms with Gasteiger partial charge in [0.15, 0.2) is 0 Å². The minimum Gasteiger partial charge on any atom is -0.389 e. The predicted octanol–water partition coefficient (Wildman–Crippen LogP) is 3.13. The molecule has 1 aromatic heterocycles. The summed E-state index contributed by atoms with van der Waals surface area (Å²) in [6, 6.07) is 13.2. The van der Waals surface area contributed by atoms with Gasteiger partial charge in [0.05, 0.1) is 18.2 Å². The van der Waals surface area contributed by atoms with Crippen molar-refractivity contribution in [3.8, 4) is 0 Å². The number of urea groups is 1. The van der Waals surface area contributed by atoms with E-state index in [4.69, 9.17) is 0 Å². The van der Waals surface area contributed by atoms with Crippen LogP contribution in [0.5, 0.6) is 0 Å². The molecular weight excluding hydrogens is 302 g/mol. The summed E-state index contributed by atoms with van der Waals surface area (Å²) in [6.07, 6.45) is 3.41. The summed E-state index contributed by atoms with van der Waals surface area (Å²) in [5, 5.41) is 13.1. The number of benzene rings is 1. The van der Waals surface area contributed by atoms with Crippen LogP contribution in [0.4, 0.5) is 4.79 Å². The lowest BCUT2D eigenvalue weighted by atomic mass is 10.1. The molecule has 2 N–H and O–H groups in total. The maximum absolute atomic E-state index is 12.7. The third-order valence-corrected chi connectivity index (χ3v) is 3.63. The van der Waals surface area contributed by atoms with Crippen molar-refractivity contribution in [1.82, 2.24) is 15.2 Å². The van der Waals surface area contributed by atoms with Crippen LogP contribution in [0.15, 0.2) is 54.9 Å². The van der Waals surface area contributed by atoms with Crippen molar-refractivity contribution in [3.05, 3.63) is 66.0 Å². The van der Waals surface area contributed by atoms with Crippen LogP contribution in [0.25, 0.3) is 0 Å². The number of aliphatic hydroxyl groups is 1. The highest BCUT2D eigenvalue weighted by Crippen LogP contribution is 2.14. The smallest absolute Gasteiger partial charge is 0.318 e. The van der Waals surface area contributed by atoms with E-state index in [2.05, 4.69) is 10.3 Å². The zero-order valence-corrected chi connectivity index (χ0v) is 14.4. The second kappa shape index (κ2) is 7.93. The molecule has 2 amide bonds. The molecular formula is C19H25N3O2. The molecule has 0 aliphatic carbocycles. The number of hydrogen-bond donors (Lipinski definition) is 2. The first-order valence-electron chi connectivity index (χ1n) is 8.07. The van der Waals surface area contributed by atoms with E-state index in [1.807, 2.05) is 49.4 Å². The van der Waals surface area contributed by atoms with Gasteiger partial charge in [-0.1, -0.05) is 30.3 Å². The fourth-order valence-corrected chi connectivity index (χ4v) is 2.48. The molecule has 5 nitrogen and oxygen atoms in total. The van der Waals surface area contributed by atoms with E-state index >= 15 is 0 Å². The van der Waals surface area contributed by atoms with Crippen LogP contribution >= 0.6 is 0 Å². The van der Waals surface area contributed by atoms with Crippen LogP contribution in [-0.2, 0) is 6.54 Å². The number of nitrogens with one attached hydrogen (secondary N) is 1. The first-order chi connectivity index (χ1) is 11.3. The van der Waals surface area contributed by atoms with Gasteiger partial charge < -0.3 is 15.3 Å². The number of nitrogens with zero attached hydrogens (tertiary/aromatic N) is 2. The minimum atomic E-state index is -0.966. The molecule has 0 aliphatic rings. The van der Waals surface area contributed by atoms with Gasteiger partial charge >= 0.3 is 6.03 Å². The highest BCUT2D eigenvalue weighted by molar-refractivity contribution is 5.74. The average molecular weight is 327 g/mol. The Morgan fingerprint density at radius 3 is 2.42 bits per heavy atom. The predicted molar refractivity (Wildman–Crippen MR) is 94.3 cm³/mol. The molecule has 0 aliphatic heterocycles. The van der Waals surface area contributed by atoms with Gasteiger partial charge in [0.2, 0.25) is 0 Å². The Bertz CT molecular complexity index is 639. The quantitative estimate of drug-likeness (QED) is 0.857. The Hall–Kier alpha value is -2.40. The van der Waals surface area contributed by atoms with Crippen molar-refractivity contribution in [2.24, 2.45) is 0 Å². The van der Waals surface area contributed by atoms with E-state index in [-0.39, 0.29) is 18.6 Å². The average Bonchev–Trinajstić information content (AvgIpc) is 2.54. The topological polar surface area (TPSA) is 65.5 Å². The van der Waals surface area contributed by atoms with Crippen LogP contribution in [0.1, 0.15) is 37.9 Å². The van der Waals surface area contributed by atoms with Crippen molar-refractivity contribution in [2.45, 2.75) is 39.0 Å². The number of hydrogen-bond acceptors (Lipinski definition) is 3. The van der Waals surface area contributed by atoms with Gasteiger partial charge in [-0.25, -0.2) is 4.79 Å². The molecule has 2 aromatic rings. The third kappa shape index (κ3) is 5.66. The number of amides is 2. The molecule has 5 heteroatoms. The van der Waals surface area contributed by atoms with Crippen LogP contribution in [0.3, 0.4) is 0 Å². The fraction of sp³-hybridized carbons (Fsp3) is 0.368. The van der Waals surface area contributed by atoms with Crippen molar-refractivity contribution in [1.29, 1.82) is 0 Å². The molecule has 0 unspecified atom stereocenters. The van der Waals surface area contributed by atoms with Gasteiger partial charge in [-0.05, 0) is 44.0 Å². The molecule has 0 saturated carbocycles. The van der Waals surface area contributed by atoms with Crippen molar-refractivity contribution in [3.63, 3.8) is 0 Å². The lowest BCUT2D eigenvalue weighted by Gasteiger charge is -2.30. The summed E-state index contributed by atoms with van der Waals surface area (Å²) in [4.78, 5) is 18.3. The normalized spacial score (nSPS) is 12.5. The number of carbonyl (C=O) groups excluding carboxylic acids is 1. The standard InChI is InChI=1S/C19H25N3O2/c1-15(17-9-11-20-12-10-17)21-18(23)22(14-19(2,3)24)13-16-7-5-4-6-8-16/h4-12,15,24H,13-14H2,1-3H3,(H,21,23)/t15-/m0/s1. The maximum Gasteiger partial charge on any atom is 0.318 e. The summed E-state index contributed by atoms with van der Waals surface area (Å²) in [5.74, 6) is 0. The number of carbonyl (C=O) groups is 1. The van der Waals surface area contributed by atoms with Crippen LogP contribution in [0, 0.1) is 0 Å². The first kappa shape index (κ1) is 17.9. The minimum absolute atomic E-state index is 0.138. The van der Waals surface area contributed by atoms with Crippen LogP contribution < -0.4 is 5.32 Å². The van der Waals surface area contributed by atoms with Gasteiger partial charge in [0.25, 0.3) is 0 Å². The van der Waals surface area contributed by atoms with Crippen molar-refractivity contribution >= 4 is 6.03 Å². The molecule has 1 aromatic carbocycles. The maximum atomic E-state index is 12.7. The van der Waals surface area contributed by atoms with Crippen LogP contribution in [-0.4, -0.2) is 33.2 Å². The zero-order valence-electron chi connectivity index (χ0n) is 14.4. The van der Waals surface area contributed by atoms with E-state index in [1.54, 1.807) is 31.1 Å². The summed E-state index contributed by atoms with van der Waals surface area (Å²) in [6.45, 7) is 6.02. The third-order valence-electron chi connectivity index (χ3n) is 3.63. The van der Waals surface area contributed by atoms with Gasteiger partial charge in [-0.15, -0.1) is 0 Å². The van der Waals surface area contributed by atoms with Gasteiger partial charge in [-0.2, -0.15) is 0 Å². The summed E-state index contributed by atoms with van der Waals surface area (Å²) < 4.78 is 0. The van der Waals surface area contributed by atoms with E-state index in [0.717, 1.165) is 11.1 Å². The molecule has 128 valence electrons. The highest BCUT2D eigenvalue weighted by atomic mass is 16.3. The zero-order chi connectivity index (χ0) is 17.6. The number of rotatable bonds is 6. The largest absolute Gasteiger partial charge is 0.389 e. The summed E-state index contributed by atoms with van der Waals surface area (Å²) >= 11 is 0. The summed E-state index contributed by atoms with van der Waals surface area (Å²) in [5.41, 5.74) is 1.04. The van der Waals surface area contributed by atoms with E-state index in [9.17, 15) is 9.90 Å². The summed E-state index contributed by atoms with van der Waals surface area (Å²) in [7, 11) is 0. The van der Waals surface area contributed by atoms with E-state index < -0.39 is 5.60 Å². The van der Waals surface area contributed by atoms with Gasteiger partial charge in [0, 0.05) is 18.9 Å². The van der Waals surface area contributed by atoms with E-state index in [1.165, 1.54) is 0 Å². The molecule has 0 spiro atoms. The molecule has 2 rings (SSSR count). The Morgan fingerprint density at radius 2 is 1.83 bits per heavy atom.